The molecule has 3 rings (SSSR count). The van der Waals surface area contributed by atoms with Gasteiger partial charge in [-0.2, -0.15) is 5.10 Å². The Bertz CT molecular complexity index is 743. The van der Waals surface area contributed by atoms with Crippen LogP contribution in [0.25, 0.3) is 11.4 Å². The van der Waals surface area contributed by atoms with Crippen molar-refractivity contribution >= 4 is 29.9 Å². The number of benzene rings is 1. The average molecular weight is 511 g/mol. The molecule has 1 aromatic carbocycles. The fourth-order valence-corrected chi connectivity index (χ4v) is 3.77. The van der Waals surface area contributed by atoms with Crippen molar-refractivity contribution in [1.82, 2.24) is 30.3 Å². The van der Waals surface area contributed by atoms with Gasteiger partial charge in [0.2, 0.25) is 0 Å². The lowest BCUT2D eigenvalue weighted by atomic mass is 10.1. The van der Waals surface area contributed by atoms with Crippen molar-refractivity contribution < 1.29 is 0 Å². The maximum atomic E-state index is 4.91. The molecule has 2 heterocycles. The van der Waals surface area contributed by atoms with E-state index >= 15 is 0 Å². The monoisotopic (exact) mass is 511 g/mol. The molecule has 0 saturated carbocycles. The zero-order chi connectivity index (χ0) is 19.8. The summed E-state index contributed by atoms with van der Waals surface area (Å²) in [5, 5.41) is 10.3. The maximum absolute atomic E-state index is 4.91. The van der Waals surface area contributed by atoms with E-state index < -0.39 is 0 Å². The first kappa shape index (κ1) is 23.6. The van der Waals surface area contributed by atoms with Crippen LogP contribution in [0.5, 0.6) is 0 Å². The summed E-state index contributed by atoms with van der Waals surface area (Å²) in [6, 6.07) is 8.32. The quantitative estimate of drug-likeness (QED) is 0.324. The molecule has 1 aromatic heterocycles. The van der Waals surface area contributed by atoms with Gasteiger partial charge in [0, 0.05) is 31.7 Å². The van der Waals surface area contributed by atoms with Gasteiger partial charge in [-0.3, -0.25) is 5.10 Å². The van der Waals surface area contributed by atoms with Gasteiger partial charge in [0.05, 0.1) is 6.54 Å². The molecule has 0 bridgehead atoms. The summed E-state index contributed by atoms with van der Waals surface area (Å²) < 4.78 is 0. The summed E-state index contributed by atoms with van der Waals surface area (Å²) in [4.78, 5) is 14.1. The maximum Gasteiger partial charge on any atom is 0.194 e. The fourth-order valence-electron chi connectivity index (χ4n) is 3.77. The minimum absolute atomic E-state index is 0. The van der Waals surface area contributed by atoms with E-state index in [2.05, 4.69) is 63.2 Å². The van der Waals surface area contributed by atoms with Crippen LogP contribution >= 0.6 is 24.0 Å². The highest BCUT2D eigenvalue weighted by molar-refractivity contribution is 14.0. The molecule has 8 heteroatoms. The van der Waals surface area contributed by atoms with Crippen LogP contribution in [-0.4, -0.2) is 70.2 Å². The summed E-state index contributed by atoms with van der Waals surface area (Å²) in [7, 11) is 0. The van der Waals surface area contributed by atoms with E-state index in [9.17, 15) is 0 Å². The SMILES string of the molecule is CCNC(=NCc1cccc(-c2ncn[nH]2)c1)N1CCC(CN(CC)CC)C1.I. The normalized spacial score (nSPS) is 16.9. The lowest BCUT2D eigenvalue weighted by molar-refractivity contribution is 0.255. The Labute approximate surface area is 191 Å². The number of guanidine groups is 1. The molecule has 1 aliphatic heterocycles. The molecule has 0 aliphatic carbocycles. The summed E-state index contributed by atoms with van der Waals surface area (Å²) in [6.45, 7) is 13.8. The highest BCUT2D eigenvalue weighted by Crippen LogP contribution is 2.19. The number of likely N-dealkylation sites (tertiary alicyclic amines) is 1. The second kappa shape index (κ2) is 12.1. The van der Waals surface area contributed by atoms with Gasteiger partial charge >= 0.3 is 0 Å². The van der Waals surface area contributed by atoms with E-state index in [0.717, 1.165) is 56.0 Å². The van der Waals surface area contributed by atoms with Crippen LogP contribution in [0.15, 0.2) is 35.6 Å². The molecule has 1 aliphatic rings. The average Bonchev–Trinajstić information content (AvgIpc) is 3.42. The molecule has 0 amide bonds. The number of hydrogen-bond donors (Lipinski definition) is 2. The van der Waals surface area contributed by atoms with Crippen molar-refractivity contribution in [2.24, 2.45) is 10.9 Å². The van der Waals surface area contributed by atoms with Gasteiger partial charge in [0.25, 0.3) is 0 Å². The van der Waals surface area contributed by atoms with Crippen molar-refractivity contribution in [3.8, 4) is 11.4 Å². The molecule has 1 atom stereocenters. The summed E-state index contributed by atoms with van der Waals surface area (Å²) in [5.74, 6) is 2.53. The van der Waals surface area contributed by atoms with Crippen LogP contribution in [0.1, 0.15) is 32.8 Å². The first-order valence-corrected chi connectivity index (χ1v) is 10.4. The van der Waals surface area contributed by atoms with E-state index in [-0.39, 0.29) is 24.0 Å². The van der Waals surface area contributed by atoms with E-state index in [1.807, 2.05) is 12.1 Å². The van der Waals surface area contributed by atoms with Crippen LogP contribution in [0.2, 0.25) is 0 Å². The van der Waals surface area contributed by atoms with Gasteiger partial charge in [0.1, 0.15) is 6.33 Å². The number of hydrogen-bond acceptors (Lipinski definition) is 4. The summed E-state index contributed by atoms with van der Waals surface area (Å²) in [5.41, 5.74) is 2.21. The highest BCUT2D eigenvalue weighted by Gasteiger charge is 2.25. The topological polar surface area (TPSA) is 72.4 Å². The standard InChI is InChI=1S/C21H33N7.HI/c1-4-22-21(28-11-10-18(15-28)14-27(5-2)6-3)23-13-17-8-7-9-19(12-17)20-24-16-25-26-20;/h7-9,12,16,18H,4-6,10-11,13-15H2,1-3H3,(H,22,23)(H,24,25,26);1H. The van der Waals surface area contributed by atoms with Crippen LogP contribution in [0, 0.1) is 5.92 Å². The third-order valence-corrected chi connectivity index (χ3v) is 5.36. The first-order valence-electron chi connectivity index (χ1n) is 10.4. The van der Waals surface area contributed by atoms with E-state index in [1.54, 1.807) is 0 Å². The van der Waals surface area contributed by atoms with Crippen LogP contribution < -0.4 is 5.32 Å². The molecule has 7 nitrogen and oxygen atoms in total. The Hall–Kier alpha value is -1.68. The van der Waals surface area contributed by atoms with Crippen molar-refractivity contribution in [2.45, 2.75) is 33.7 Å². The molecule has 1 saturated heterocycles. The van der Waals surface area contributed by atoms with Crippen LogP contribution in [0.4, 0.5) is 0 Å². The molecule has 160 valence electrons. The number of aromatic amines is 1. The minimum Gasteiger partial charge on any atom is -0.357 e. The molecule has 1 unspecified atom stereocenters. The van der Waals surface area contributed by atoms with Crippen molar-refractivity contribution in [3.63, 3.8) is 0 Å². The molecule has 0 spiro atoms. The predicted molar refractivity (Wildman–Crippen MR) is 130 cm³/mol. The molecule has 2 aromatic rings. The second-order valence-electron chi connectivity index (χ2n) is 7.29. The predicted octanol–water partition coefficient (Wildman–Crippen LogP) is 3.22. The Kier molecular flexibility index (Phi) is 9.86. The molecule has 2 N–H and O–H groups in total. The molecule has 1 fully saturated rings. The second-order valence-corrected chi connectivity index (χ2v) is 7.29. The lowest BCUT2D eigenvalue weighted by Gasteiger charge is -2.24. The van der Waals surface area contributed by atoms with E-state index in [4.69, 9.17) is 4.99 Å². The Morgan fingerprint density at radius 2 is 2.14 bits per heavy atom. The number of rotatable bonds is 8. The number of aromatic nitrogens is 3. The third kappa shape index (κ3) is 6.67. The third-order valence-electron chi connectivity index (χ3n) is 5.36. The zero-order valence-corrected chi connectivity index (χ0v) is 20.1. The Balaban J connectivity index is 0.00000300. The summed E-state index contributed by atoms with van der Waals surface area (Å²) >= 11 is 0. The molecular weight excluding hydrogens is 477 g/mol. The van der Waals surface area contributed by atoms with Gasteiger partial charge in [-0.05, 0) is 44.0 Å². The minimum atomic E-state index is 0. The number of aliphatic imine (C=N–C) groups is 1. The van der Waals surface area contributed by atoms with Crippen LogP contribution in [-0.2, 0) is 6.54 Å². The number of H-pyrrole nitrogens is 1. The highest BCUT2D eigenvalue weighted by atomic mass is 127. The zero-order valence-electron chi connectivity index (χ0n) is 17.8. The van der Waals surface area contributed by atoms with E-state index in [1.165, 1.54) is 24.9 Å². The first-order chi connectivity index (χ1) is 13.7. The summed E-state index contributed by atoms with van der Waals surface area (Å²) in [6.07, 6.45) is 2.77. The van der Waals surface area contributed by atoms with Gasteiger partial charge < -0.3 is 15.1 Å². The molecule has 0 radical (unpaired) electrons. The number of nitrogens with zero attached hydrogens (tertiary/aromatic N) is 5. The Morgan fingerprint density at radius 3 is 2.83 bits per heavy atom. The number of nitrogens with one attached hydrogen (secondary N) is 2. The molecule has 29 heavy (non-hydrogen) atoms. The van der Waals surface area contributed by atoms with Gasteiger partial charge in [-0.25, -0.2) is 9.98 Å². The van der Waals surface area contributed by atoms with Crippen molar-refractivity contribution in [1.29, 1.82) is 0 Å². The van der Waals surface area contributed by atoms with Gasteiger partial charge in [0.15, 0.2) is 11.8 Å². The van der Waals surface area contributed by atoms with E-state index in [0.29, 0.717) is 6.54 Å². The van der Waals surface area contributed by atoms with Crippen molar-refractivity contribution in [3.05, 3.63) is 36.2 Å². The Morgan fingerprint density at radius 1 is 1.31 bits per heavy atom. The number of halogens is 1. The molecular formula is C21H34IN7. The smallest absolute Gasteiger partial charge is 0.194 e. The largest absolute Gasteiger partial charge is 0.357 e. The van der Waals surface area contributed by atoms with Crippen molar-refractivity contribution in [2.75, 3.05) is 39.3 Å². The lowest BCUT2D eigenvalue weighted by Crippen LogP contribution is -2.40. The fraction of sp³-hybridized carbons (Fsp3) is 0.571. The van der Waals surface area contributed by atoms with Crippen LogP contribution in [0.3, 0.4) is 0 Å². The van der Waals surface area contributed by atoms with Gasteiger partial charge in [-0.1, -0.05) is 32.0 Å². The van der Waals surface area contributed by atoms with Gasteiger partial charge in [-0.15, -0.1) is 24.0 Å².